The van der Waals surface area contributed by atoms with E-state index in [4.69, 9.17) is 0 Å². The summed E-state index contributed by atoms with van der Waals surface area (Å²) in [5, 5.41) is 6.51. The van der Waals surface area contributed by atoms with E-state index in [9.17, 15) is 13.2 Å². The van der Waals surface area contributed by atoms with Crippen molar-refractivity contribution in [3.63, 3.8) is 0 Å². The molecule has 0 saturated carbocycles. The molecule has 0 saturated heterocycles. The summed E-state index contributed by atoms with van der Waals surface area (Å²) < 4.78 is 38.5. The number of likely N-dealkylation sites (N-methyl/N-ethyl adjacent to an activating group) is 1. The first-order chi connectivity index (χ1) is 7.15. The number of rotatable bonds is 3. The minimum absolute atomic E-state index is 0.253. The monoisotopic (exact) mass is 235 g/mol. The van der Waals surface area contributed by atoms with E-state index in [1.165, 1.54) is 11.7 Å². The average molecular weight is 235 g/mol. The first-order valence-corrected chi connectivity index (χ1v) is 4.95. The van der Waals surface area contributed by atoms with Gasteiger partial charge in [-0.05, 0) is 27.0 Å². The Bertz CT molecular complexity index is 366. The van der Waals surface area contributed by atoms with Crippen LogP contribution in [0.2, 0.25) is 0 Å². The molecule has 0 spiro atoms. The van der Waals surface area contributed by atoms with Gasteiger partial charge in [-0.15, -0.1) is 0 Å². The molecular formula is C10H16F3N3. The van der Waals surface area contributed by atoms with E-state index < -0.39 is 11.9 Å². The fraction of sp³-hybridized carbons (Fsp3) is 0.700. The van der Waals surface area contributed by atoms with Gasteiger partial charge in [0.15, 0.2) is 5.69 Å². The molecule has 1 aromatic heterocycles. The van der Waals surface area contributed by atoms with E-state index in [1.54, 1.807) is 7.05 Å². The summed E-state index contributed by atoms with van der Waals surface area (Å²) in [5.74, 6) is 0. The highest BCUT2D eigenvalue weighted by molar-refractivity contribution is 5.15. The van der Waals surface area contributed by atoms with Gasteiger partial charge in [-0.2, -0.15) is 18.3 Å². The van der Waals surface area contributed by atoms with E-state index in [0.717, 1.165) is 6.07 Å². The number of hydrogen-bond donors (Lipinski definition) is 1. The third kappa shape index (κ3) is 2.98. The van der Waals surface area contributed by atoms with Gasteiger partial charge in [-0.25, -0.2) is 0 Å². The molecule has 0 bridgehead atoms. The van der Waals surface area contributed by atoms with E-state index >= 15 is 0 Å². The molecule has 16 heavy (non-hydrogen) atoms. The number of halogens is 3. The predicted molar refractivity (Wildman–Crippen MR) is 55.1 cm³/mol. The number of aryl methyl sites for hydroxylation is 1. The van der Waals surface area contributed by atoms with Crippen LogP contribution in [0.25, 0.3) is 0 Å². The van der Waals surface area contributed by atoms with Crippen LogP contribution in [0.1, 0.15) is 25.2 Å². The summed E-state index contributed by atoms with van der Waals surface area (Å²) in [5.41, 5.74) is -0.528. The van der Waals surface area contributed by atoms with Crippen LogP contribution in [0.15, 0.2) is 6.07 Å². The fourth-order valence-corrected chi connectivity index (χ4v) is 1.35. The molecule has 1 aromatic rings. The molecule has 1 heterocycles. The molecular weight excluding hydrogens is 219 g/mol. The van der Waals surface area contributed by atoms with Crippen molar-refractivity contribution in [2.75, 3.05) is 7.05 Å². The quantitative estimate of drug-likeness (QED) is 0.868. The molecule has 0 atom stereocenters. The van der Waals surface area contributed by atoms with Gasteiger partial charge in [0, 0.05) is 24.7 Å². The van der Waals surface area contributed by atoms with Crippen LogP contribution in [0, 0.1) is 0 Å². The molecule has 0 unspecified atom stereocenters. The predicted octanol–water partition coefficient (Wildman–Crippen LogP) is 1.98. The van der Waals surface area contributed by atoms with Crippen LogP contribution >= 0.6 is 0 Å². The standard InChI is InChI=1S/C10H16F3N3/c1-9(2,14-3)6-7-5-8(10(11,12)13)15-16(7)4/h5,14H,6H2,1-4H3. The highest BCUT2D eigenvalue weighted by Gasteiger charge is 2.35. The molecule has 0 aliphatic rings. The maximum absolute atomic E-state index is 12.4. The SMILES string of the molecule is CNC(C)(C)Cc1cc(C(F)(F)F)nn1C. The Labute approximate surface area is 92.6 Å². The Morgan fingerprint density at radius 3 is 2.31 bits per heavy atom. The summed E-state index contributed by atoms with van der Waals surface area (Å²) in [6.07, 6.45) is -3.89. The lowest BCUT2D eigenvalue weighted by Gasteiger charge is -2.23. The zero-order valence-corrected chi connectivity index (χ0v) is 9.81. The second-order valence-electron chi connectivity index (χ2n) is 4.45. The van der Waals surface area contributed by atoms with Crippen LogP contribution in [-0.2, 0) is 19.6 Å². The second-order valence-corrected chi connectivity index (χ2v) is 4.45. The molecule has 0 fully saturated rings. The second kappa shape index (κ2) is 4.08. The molecule has 1 N–H and O–H groups in total. The largest absolute Gasteiger partial charge is 0.435 e. The number of aromatic nitrogens is 2. The van der Waals surface area contributed by atoms with Crippen LogP contribution in [-0.4, -0.2) is 22.4 Å². The lowest BCUT2D eigenvalue weighted by molar-refractivity contribution is -0.141. The van der Waals surface area contributed by atoms with Crippen LogP contribution in [0.4, 0.5) is 13.2 Å². The minimum atomic E-state index is -4.38. The summed E-state index contributed by atoms with van der Waals surface area (Å²) >= 11 is 0. The summed E-state index contributed by atoms with van der Waals surface area (Å²) in [6.45, 7) is 3.85. The number of nitrogens with zero attached hydrogens (tertiary/aromatic N) is 2. The fourth-order valence-electron chi connectivity index (χ4n) is 1.35. The van der Waals surface area contributed by atoms with Crippen molar-refractivity contribution in [2.24, 2.45) is 7.05 Å². The van der Waals surface area contributed by atoms with Gasteiger partial charge in [0.25, 0.3) is 0 Å². The molecule has 1 rings (SSSR count). The number of nitrogens with one attached hydrogen (secondary N) is 1. The molecule has 0 aliphatic heterocycles. The van der Waals surface area contributed by atoms with Crippen molar-refractivity contribution in [2.45, 2.75) is 32.0 Å². The van der Waals surface area contributed by atoms with Crippen molar-refractivity contribution >= 4 is 0 Å². The molecule has 0 aliphatic carbocycles. The molecule has 0 aromatic carbocycles. The zero-order chi connectivity index (χ0) is 12.6. The molecule has 3 nitrogen and oxygen atoms in total. The van der Waals surface area contributed by atoms with Gasteiger partial charge < -0.3 is 5.32 Å². The molecule has 0 amide bonds. The summed E-state index contributed by atoms with van der Waals surface area (Å²) in [6, 6.07) is 1.10. The number of hydrogen-bond acceptors (Lipinski definition) is 2. The Balaban J connectivity index is 2.95. The first kappa shape index (κ1) is 13.0. The lowest BCUT2D eigenvalue weighted by atomic mass is 9.98. The van der Waals surface area contributed by atoms with Crippen molar-refractivity contribution in [3.8, 4) is 0 Å². The van der Waals surface area contributed by atoms with Gasteiger partial charge in [-0.3, -0.25) is 4.68 Å². The smallest absolute Gasteiger partial charge is 0.314 e. The highest BCUT2D eigenvalue weighted by Crippen LogP contribution is 2.29. The van der Waals surface area contributed by atoms with E-state index in [2.05, 4.69) is 10.4 Å². The Kier molecular flexibility index (Phi) is 3.33. The van der Waals surface area contributed by atoms with E-state index in [-0.39, 0.29) is 5.54 Å². The summed E-state index contributed by atoms with van der Waals surface area (Å²) in [4.78, 5) is 0. The van der Waals surface area contributed by atoms with Crippen LogP contribution < -0.4 is 5.32 Å². The van der Waals surface area contributed by atoms with Gasteiger partial charge >= 0.3 is 6.18 Å². The van der Waals surface area contributed by atoms with Crippen LogP contribution in [0.3, 0.4) is 0 Å². The van der Waals surface area contributed by atoms with Crippen molar-refractivity contribution in [1.82, 2.24) is 15.1 Å². The molecule has 0 radical (unpaired) electrons. The first-order valence-electron chi connectivity index (χ1n) is 4.95. The summed E-state index contributed by atoms with van der Waals surface area (Å²) in [7, 11) is 3.30. The van der Waals surface area contributed by atoms with Gasteiger partial charge in [0.2, 0.25) is 0 Å². The molecule has 6 heteroatoms. The maximum Gasteiger partial charge on any atom is 0.435 e. The average Bonchev–Trinajstić information content (AvgIpc) is 2.47. The highest BCUT2D eigenvalue weighted by atomic mass is 19.4. The Morgan fingerprint density at radius 1 is 1.38 bits per heavy atom. The minimum Gasteiger partial charge on any atom is -0.314 e. The van der Waals surface area contributed by atoms with E-state index in [1.807, 2.05) is 13.8 Å². The normalized spacial score (nSPS) is 13.2. The van der Waals surface area contributed by atoms with Crippen molar-refractivity contribution in [1.29, 1.82) is 0 Å². The van der Waals surface area contributed by atoms with Gasteiger partial charge in [0.05, 0.1) is 0 Å². The molecule has 92 valence electrons. The van der Waals surface area contributed by atoms with Crippen LogP contribution in [0.5, 0.6) is 0 Å². The number of alkyl halides is 3. The topological polar surface area (TPSA) is 29.9 Å². The third-order valence-electron chi connectivity index (χ3n) is 2.57. The maximum atomic E-state index is 12.4. The Hall–Kier alpha value is -1.04. The van der Waals surface area contributed by atoms with Gasteiger partial charge in [0.1, 0.15) is 0 Å². The van der Waals surface area contributed by atoms with E-state index in [0.29, 0.717) is 12.1 Å². The zero-order valence-electron chi connectivity index (χ0n) is 9.81. The van der Waals surface area contributed by atoms with Crippen molar-refractivity contribution in [3.05, 3.63) is 17.5 Å². The third-order valence-corrected chi connectivity index (χ3v) is 2.57. The van der Waals surface area contributed by atoms with Gasteiger partial charge in [-0.1, -0.05) is 0 Å². The Morgan fingerprint density at radius 2 is 1.94 bits per heavy atom. The lowest BCUT2D eigenvalue weighted by Crippen LogP contribution is -2.38. The van der Waals surface area contributed by atoms with Crippen molar-refractivity contribution < 1.29 is 13.2 Å².